The molecule has 1 nitrogen and oxygen atoms in total. The summed E-state index contributed by atoms with van der Waals surface area (Å²) in [6, 6.07) is 0. The van der Waals surface area contributed by atoms with E-state index in [-0.39, 0.29) is 0 Å². The Kier molecular flexibility index (Phi) is 1.80. The van der Waals surface area contributed by atoms with Gasteiger partial charge in [0.1, 0.15) is 0 Å². The smallest absolute Gasteiger partial charge is 0.00434 e. The maximum absolute atomic E-state index is 5.55. The largest absolute Gasteiger partial charge is 0.330 e. The van der Waals surface area contributed by atoms with Gasteiger partial charge in [0, 0.05) is 0 Å². The fourth-order valence-electron chi connectivity index (χ4n) is 2.05. The average molecular weight is 127 g/mol. The summed E-state index contributed by atoms with van der Waals surface area (Å²) in [4.78, 5) is 0. The Morgan fingerprint density at radius 1 is 1.44 bits per heavy atom. The highest BCUT2D eigenvalue weighted by atomic mass is 14.6. The zero-order valence-electron chi connectivity index (χ0n) is 6.59. The van der Waals surface area contributed by atoms with Gasteiger partial charge < -0.3 is 5.73 Å². The molecule has 0 amide bonds. The predicted octanol–water partition coefficient (Wildman–Crippen LogP) is 1.48. The molecule has 2 unspecified atom stereocenters. The summed E-state index contributed by atoms with van der Waals surface area (Å²) in [7, 11) is 0. The van der Waals surface area contributed by atoms with Gasteiger partial charge in [-0.3, -0.25) is 0 Å². The second-order valence-electron chi connectivity index (χ2n) is 3.58. The molecule has 1 saturated carbocycles. The summed E-state index contributed by atoms with van der Waals surface area (Å²) >= 11 is 0. The van der Waals surface area contributed by atoms with E-state index >= 15 is 0 Å². The molecule has 3 atom stereocenters. The van der Waals surface area contributed by atoms with E-state index in [2.05, 4.69) is 20.8 Å². The van der Waals surface area contributed by atoms with Gasteiger partial charge in [-0.2, -0.15) is 0 Å². The van der Waals surface area contributed by atoms with E-state index in [9.17, 15) is 0 Å². The van der Waals surface area contributed by atoms with Gasteiger partial charge in [-0.05, 0) is 30.2 Å². The van der Waals surface area contributed by atoms with Gasteiger partial charge in [-0.1, -0.05) is 20.8 Å². The Morgan fingerprint density at radius 2 is 2.00 bits per heavy atom. The Hall–Kier alpha value is -0.0400. The SMILES string of the molecule is CC(C)C1C(CN)[C@H]1C. The van der Waals surface area contributed by atoms with Crippen LogP contribution in [0.4, 0.5) is 0 Å². The van der Waals surface area contributed by atoms with Crippen molar-refractivity contribution in [1.29, 1.82) is 0 Å². The third-order valence-electron chi connectivity index (χ3n) is 2.68. The first-order valence-electron chi connectivity index (χ1n) is 3.88. The molecule has 2 N–H and O–H groups in total. The van der Waals surface area contributed by atoms with Crippen molar-refractivity contribution in [3.63, 3.8) is 0 Å². The van der Waals surface area contributed by atoms with Crippen LogP contribution in [0.5, 0.6) is 0 Å². The molecule has 1 heteroatoms. The van der Waals surface area contributed by atoms with Crippen LogP contribution in [0, 0.1) is 23.7 Å². The summed E-state index contributed by atoms with van der Waals surface area (Å²) < 4.78 is 0. The van der Waals surface area contributed by atoms with Gasteiger partial charge in [0.2, 0.25) is 0 Å². The van der Waals surface area contributed by atoms with Crippen LogP contribution in [-0.2, 0) is 0 Å². The van der Waals surface area contributed by atoms with E-state index in [1.165, 1.54) is 0 Å². The lowest BCUT2D eigenvalue weighted by Gasteiger charge is -1.99. The van der Waals surface area contributed by atoms with E-state index < -0.39 is 0 Å². The normalized spacial score (nSPS) is 41.7. The standard InChI is InChI=1S/C8H17N/c1-5(2)8-6(3)7(8)4-9/h5-8H,4,9H2,1-3H3/t6-,7?,8?/m1/s1. The first-order valence-corrected chi connectivity index (χ1v) is 3.88. The Morgan fingerprint density at radius 3 is 2.11 bits per heavy atom. The first kappa shape index (κ1) is 7.07. The van der Waals surface area contributed by atoms with E-state index in [0.717, 1.165) is 30.2 Å². The molecule has 0 radical (unpaired) electrons. The molecule has 1 aliphatic rings. The van der Waals surface area contributed by atoms with Crippen molar-refractivity contribution in [3.05, 3.63) is 0 Å². The molecule has 0 saturated heterocycles. The highest BCUT2D eigenvalue weighted by Gasteiger charge is 2.46. The summed E-state index contributed by atoms with van der Waals surface area (Å²) in [5.41, 5.74) is 5.55. The molecule has 0 bridgehead atoms. The molecule has 1 aliphatic carbocycles. The van der Waals surface area contributed by atoms with Crippen LogP contribution in [0.3, 0.4) is 0 Å². The van der Waals surface area contributed by atoms with Crippen LogP contribution < -0.4 is 5.73 Å². The molecule has 0 heterocycles. The third kappa shape index (κ3) is 1.11. The molecule has 0 aromatic heterocycles. The molecule has 1 rings (SSSR count). The average Bonchev–Trinajstić information content (AvgIpc) is 2.40. The summed E-state index contributed by atoms with van der Waals surface area (Å²) in [6.45, 7) is 7.78. The van der Waals surface area contributed by atoms with Crippen molar-refractivity contribution in [2.45, 2.75) is 20.8 Å². The van der Waals surface area contributed by atoms with Crippen molar-refractivity contribution >= 4 is 0 Å². The molecule has 0 aliphatic heterocycles. The maximum atomic E-state index is 5.55. The van der Waals surface area contributed by atoms with E-state index in [1.807, 2.05) is 0 Å². The van der Waals surface area contributed by atoms with Crippen LogP contribution in [-0.4, -0.2) is 6.54 Å². The van der Waals surface area contributed by atoms with Crippen LogP contribution in [0.1, 0.15) is 20.8 Å². The van der Waals surface area contributed by atoms with E-state index in [0.29, 0.717) is 0 Å². The van der Waals surface area contributed by atoms with Crippen LogP contribution in [0.15, 0.2) is 0 Å². The quantitative estimate of drug-likeness (QED) is 0.597. The van der Waals surface area contributed by atoms with Crippen molar-refractivity contribution < 1.29 is 0 Å². The maximum Gasteiger partial charge on any atom is -0.00434 e. The molecular weight excluding hydrogens is 110 g/mol. The molecule has 0 aromatic rings. The van der Waals surface area contributed by atoms with Crippen molar-refractivity contribution in [2.24, 2.45) is 29.4 Å². The fraction of sp³-hybridized carbons (Fsp3) is 1.00. The highest BCUT2D eigenvalue weighted by molar-refractivity contribution is 4.95. The van der Waals surface area contributed by atoms with Gasteiger partial charge in [0.05, 0.1) is 0 Å². The summed E-state index contributed by atoms with van der Waals surface area (Å²) in [5.74, 6) is 3.50. The fourth-order valence-corrected chi connectivity index (χ4v) is 2.05. The Labute approximate surface area is 57.6 Å². The van der Waals surface area contributed by atoms with Gasteiger partial charge in [0.25, 0.3) is 0 Å². The molecule has 54 valence electrons. The Balaban J connectivity index is 2.33. The number of hydrogen-bond donors (Lipinski definition) is 1. The van der Waals surface area contributed by atoms with E-state index in [4.69, 9.17) is 5.73 Å². The molecule has 0 spiro atoms. The molecular formula is C8H17N. The monoisotopic (exact) mass is 127 g/mol. The third-order valence-corrected chi connectivity index (χ3v) is 2.68. The van der Waals surface area contributed by atoms with Gasteiger partial charge in [0.15, 0.2) is 0 Å². The van der Waals surface area contributed by atoms with Crippen LogP contribution >= 0.6 is 0 Å². The van der Waals surface area contributed by atoms with Crippen molar-refractivity contribution in [1.82, 2.24) is 0 Å². The van der Waals surface area contributed by atoms with Gasteiger partial charge in [-0.25, -0.2) is 0 Å². The van der Waals surface area contributed by atoms with Crippen molar-refractivity contribution in [3.8, 4) is 0 Å². The first-order chi connectivity index (χ1) is 4.18. The lowest BCUT2D eigenvalue weighted by atomic mass is 10.1. The predicted molar refractivity (Wildman–Crippen MR) is 40.0 cm³/mol. The second kappa shape index (κ2) is 2.30. The topological polar surface area (TPSA) is 26.0 Å². The van der Waals surface area contributed by atoms with Gasteiger partial charge >= 0.3 is 0 Å². The number of rotatable bonds is 2. The number of nitrogens with two attached hydrogens (primary N) is 1. The molecule has 9 heavy (non-hydrogen) atoms. The van der Waals surface area contributed by atoms with Crippen molar-refractivity contribution in [2.75, 3.05) is 6.54 Å². The summed E-state index contributed by atoms with van der Waals surface area (Å²) in [6.07, 6.45) is 0. The zero-order chi connectivity index (χ0) is 7.02. The van der Waals surface area contributed by atoms with Gasteiger partial charge in [-0.15, -0.1) is 0 Å². The minimum absolute atomic E-state index is 0.838. The summed E-state index contributed by atoms with van der Waals surface area (Å²) in [5, 5.41) is 0. The number of hydrogen-bond acceptors (Lipinski definition) is 1. The molecule has 1 fully saturated rings. The Bertz CT molecular complexity index is 98.7. The highest BCUT2D eigenvalue weighted by Crippen LogP contribution is 2.49. The zero-order valence-corrected chi connectivity index (χ0v) is 6.59. The minimum atomic E-state index is 0.838. The second-order valence-corrected chi connectivity index (χ2v) is 3.58. The lowest BCUT2D eigenvalue weighted by Crippen LogP contribution is -2.04. The minimum Gasteiger partial charge on any atom is -0.330 e. The van der Waals surface area contributed by atoms with Crippen LogP contribution in [0.25, 0.3) is 0 Å². The lowest BCUT2D eigenvalue weighted by molar-refractivity contribution is 0.508. The van der Waals surface area contributed by atoms with E-state index in [1.54, 1.807) is 0 Å². The van der Waals surface area contributed by atoms with Crippen LogP contribution in [0.2, 0.25) is 0 Å². The molecule has 0 aromatic carbocycles.